The van der Waals surface area contributed by atoms with Crippen molar-refractivity contribution in [1.82, 2.24) is 0 Å². The van der Waals surface area contributed by atoms with Gasteiger partial charge in [0.15, 0.2) is 0 Å². The Labute approximate surface area is 291 Å². The van der Waals surface area contributed by atoms with Gasteiger partial charge < -0.3 is 0 Å². The minimum Gasteiger partial charge on any atom is -0.207 e. The third-order valence-electron chi connectivity index (χ3n) is 9.76. The molecule has 0 unspecified atom stereocenters. The molecule has 49 heavy (non-hydrogen) atoms. The van der Waals surface area contributed by atoms with Crippen molar-refractivity contribution in [2.45, 2.75) is 71.6 Å². The first-order valence-electron chi connectivity index (χ1n) is 17.8. The Morgan fingerprint density at radius 3 is 0.939 bits per heavy atom. The highest BCUT2D eigenvalue weighted by atomic mass is 19.1. The van der Waals surface area contributed by atoms with Crippen LogP contribution in [0.4, 0.5) is 8.78 Å². The smallest absolute Gasteiger partial charge is 0.123 e. The van der Waals surface area contributed by atoms with Crippen molar-refractivity contribution in [3.63, 3.8) is 0 Å². The molecule has 0 spiro atoms. The summed E-state index contributed by atoms with van der Waals surface area (Å²) in [5.41, 5.74) is 14.7. The maximum atomic E-state index is 13.3. The van der Waals surface area contributed by atoms with Crippen LogP contribution in [0.2, 0.25) is 0 Å². The van der Waals surface area contributed by atoms with Crippen molar-refractivity contribution < 1.29 is 8.78 Å². The summed E-state index contributed by atoms with van der Waals surface area (Å²) in [6.45, 7) is 4.41. The van der Waals surface area contributed by atoms with Gasteiger partial charge in [0.1, 0.15) is 11.6 Å². The molecule has 0 heterocycles. The predicted octanol–water partition coefficient (Wildman–Crippen LogP) is 13.8. The highest BCUT2D eigenvalue weighted by Crippen LogP contribution is 2.30. The molecule has 0 aliphatic rings. The maximum Gasteiger partial charge on any atom is 0.123 e. The van der Waals surface area contributed by atoms with Crippen LogP contribution in [-0.2, 0) is 12.8 Å². The average Bonchev–Trinajstić information content (AvgIpc) is 3.12. The quantitative estimate of drug-likeness (QED) is 0.103. The fourth-order valence-corrected chi connectivity index (χ4v) is 6.92. The summed E-state index contributed by atoms with van der Waals surface area (Å²) in [6, 6.07) is 44.3. The van der Waals surface area contributed by atoms with Gasteiger partial charge in [-0.3, -0.25) is 0 Å². The lowest BCUT2D eigenvalue weighted by Gasteiger charge is -2.11. The largest absolute Gasteiger partial charge is 0.207 e. The number of unbranched alkanes of at least 4 members (excludes halogenated alkanes) is 6. The Morgan fingerprint density at radius 1 is 0.327 bits per heavy atom. The molecule has 0 N–H and O–H groups in total. The van der Waals surface area contributed by atoms with Gasteiger partial charge in [-0.25, -0.2) is 8.78 Å². The second-order valence-electron chi connectivity index (χ2n) is 13.4. The van der Waals surface area contributed by atoms with Gasteiger partial charge in [-0.15, -0.1) is 0 Å². The van der Waals surface area contributed by atoms with Crippen LogP contribution in [0.1, 0.15) is 67.2 Å². The van der Waals surface area contributed by atoms with Crippen LogP contribution in [0.25, 0.3) is 44.5 Å². The van der Waals surface area contributed by atoms with Crippen LogP contribution in [0.5, 0.6) is 0 Å². The monoisotopic (exact) mass is 648 g/mol. The number of hydrogen-bond acceptors (Lipinski definition) is 0. The number of benzene rings is 6. The van der Waals surface area contributed by atoms with Crippen LogP contribution >= 0.6 is 0 Å². The second kappa shape index (κ2) is 16.5. The van der Waals surface area contributed by atoms with Gasteiger partial charge in [-0.1, -0.05) is 141 Å². The van der Waals surface area contributed by atoms with E-state index in [1.54, 1.807) is 0 Å². The molecule has 0 fully saturated rings. The maximum absolute atomic E-state index is 13.3. The lowest BCUT2D eigenvalue weighted by molar-refractivity contribution is 0.579. The van der Waals surface area contributed by atoms with Crippen molar-refractivity contribution in [1.29, 1.82) is 0 Å². The molecule has 0 nitrogen and oxygen atoms in total. The molecule has 0 aliphatic heterocycles. The van der Waals surface area contributed by atoms with Crippen molar-refractivity contribution in [2.24, 2.45) is 0 Å². The summed E-state index contributed by atoms with van der Waals surface area (Å²) in [5, 5.41) is 0. The van der Waals surface area contributed by atoms with E-state index in [4.69, 9.17) is 0 Å². The number of hydrogen-bond donors (Lipinski definition) is 0. The molecule has 0 saturated heterocycles. The molecule has 6 rings (SSSR count). The van der Waals surface area contributed by atoms with Crippen molar-refractivity contribution in [3.05, 3.63) is 167 Å². The summed E-state index contributed by atoms with van der Waals surface area (Å²) >= 11 is 0. The highest BCUT2D eigenvalue weighted by molar-refractivity contribution is 5.73. The summed E-state index contributed by atoms with van der Waals surface area (Å²) in [6.07, 6.45) is 11.3. The summed E-state index contributed by atoms with van der Waals surface area (Å²) in [7, 11) is 0. The second-order valence-corrected chi connectivity index (χ2v) is 13.4. The van der Waals surface area contributed by atoms with Crippen molar-refractivity contribution in [2.75, 3.05) is 0 Å². The highest BCUT2D eigenvalue weighted by Gasteiger charge is 2.07. The molecule has 0 atom stereocenters. The Hall–Kier alpha value is -4.82. The SMILES string of the molecule is Cc1cc(CCCCCCCCCc2ccc(-c3ccc(-c4ccc(F)cc4)cc3)c(C)c2)ccc1-c1ccc(-c2ccc(F)cc2)cc1. The first-order valence-corrected chi connectivity index (χ1v) is 17.8. The molecule has 6 aromatic carbocycles. The van der Waals surface area contributed by atoms with Crippen LogP contribution in [0.3, 0.4) is 0 Å². The Morgan fingerprint density at radius 2 is 0.612 bits per heavy atom. The Balaban J connectivity index is 0.873. The van der Waals surface area contributed by atoms with Crippen LogP contribution < -0.4 is 0 Å². The van der Waals surface area contributed by atoms with E-state index in [9.17, 15) is 8.78 Å². The molecule has 0 saturated carbocycles. The first kappa shape index (κ1) is 34.1. The van der Waals surface area contributed by atoms with E-state index in [0.717, 1.165) is 35.1 Å². The number of rotatable bonds is 14. The summed E-state index contributed by atoms with van der Waals surface area (Å²) < 4.78 is 26.6. The molecular weight excluding hydrogens is 603 g/mol. The molecular formula is C47H46F2. The van der Waals surface area contributed by atoms with Gasteiger partial charge in [0, 0.05) is 0 Å². The standard InChI is InChI=1S/C47H46F2/c1-34-32-36(12-30-46(34)42-18-14-38(15-19-42)40-22-26-44(48)27-23-40)10-8-6-4-3-5-7-9-11-37-13-31-47(35(2)33-37)43-20-16-39(17-21-43)41-24-28-45(49)29-25-41/h12-33H,3-11H2,1-2H3. The molecule has 0 aromatic heterocycles. The van der Waals surface area contributed by atoms with Crippen molar-refractivity contribution >= 4 is 0 Å². The summed E-state index contributed by atoms with van der Waals surface area (Å²) in [4.78, 5) is 0. The third kappa shape index (κ3) is 9.21. The van der Waals surface area contributed by atoms with E-state index in [1.807, 2.05) is 24.3 Å². The van der Waals surface area contributed by atoms with E-state index in [-0.39, 0.29) is 11.6 Å². The Bertz CT molecular complexity index is 1790. The van der Waals surface area contributed by atoms with E-state index < -0.39 is 0 Å². The normalized spacial score (nSPS) is 11.2. The van der Waals surface area contributed by atoms with E-state index in [0.29, 0.717) is 0 Å². The first-order chi connectivity index (χ1) is 23.9. The van der Waals surface area contributed by atoms with Gasteiger partial charge in [0.25, 0.3) is 0 Å². The zero-order valence-electron chi connectivity index (χ0n) is 28.8. The summed E-state index contributed by atoms with van der Waals surface area (Å²) in [5.74, 6) is -0.413. The van der Waals surface area contributed by atoms with Gasteiger partial charge in [0.05, 0.1) is 0 Å². The minimum absolute atomic E-state index is 0.207. The fourth-order valence-electron chi connectivity index (χ4n) is 6.92. The molecule has 6 aromatic rings. The van der Waals surface area contributed by atoms with Gasteiger partial charge in [-0.05, 0) is 131 Å². The zero-order chi connectivity index (χ0) is 34.0. The number of aryl methyl sites for hydroxylation is 4. The van der Waals surface area contributed by atoms with Crippen molar-refractivity contribution in [3.8, 4) is 44.5 Å². The zero-order valence-corrected chi connectivity index (χ0v) is 28.8. The topological polar surface area (TPSA) is 0 Å². The van der Waals surface area contributed by atoms with E-state index >= 15 is 0 Å². The van der Waals surface area contributed by atoms with E-state index in [1.165, 1.54) is 114 Å². The van der Waals surface area contributed by atoms with Gasteiger partial charge in [-0.2, -0.15) is 0 Å². The molecule has 0 amide bonds. The van der Waals surface area contributed by atoms with E-state index in [2.05, 4.69) is 98.8 Å². The molecule has 2 heteroatoms. The molecule has 0 bridgehead atoms. The van der Waals surface area contributed by atoms with Crippen LogP contribution in [0, 0.1) is 25.5 Å². The lowest BCUT2D eigenvalue weighted by Crippen LogP contribution is -1.91. The minimum atomic E-state index is -0.207. The van der Waals surface area contributed by atoms with Crippen LogP contribution in [-0.4, -0.2) is 0 Å². The molecule has 248 valence electrons. The third-order valence-corrected chi connectivity index (χ3v) is 9.76. The van der Waals surface area contributed by atoms with Gasteiger partial charge >= 0.3 is 0 Å². The lowest BCUT2D eigenvalue weighted by atomic mass is 9.94. The fraction of sp³-hybridized carbons (Fsp3) is 0.234. The average molecular weight is 649 g/mol. The molecule has 0 aliphatic carbocycles. The predicted molar refractivity (Wildman–Crippen MR) is 204 cm³/mol. The van der Waals surface area contributed by atoms with Gasteiger partial charge in [0.2, 0.25) is 0 Å². The Kier molecular flexibility index (Phi) is 11.5. The molecule has 0 radical (unpaired) electrons. The van der Waals surface area contributed by atoms with Crippen LogP contribution in [0.15, 0.2) is 133 Å². The number of halogens is 2.